The summed E-state index contributed by atoms with van der Waals surface area (Å²) in [5.74, 6) is -1.08. The molecule has 0 aliphatic carbocycles. The summed E-state index contributed by atoms with van der Waals surface area (Å²) < 4.78 is 39.2. The minimum Gasteiger partial charge on any atom is -0.358 e. The molecule has 0 atom stereocenters. The molecule has 0 fully saturated rings. The summed E-state index contributed by atoms with van der Waals surface area (Å²) in [7, 11) is 0. The maximum Gasteiger partial charge on any atom is 0.452 e. The summed E-state index contributed by atoms with van der Waals surface area (Å²) in [5, 5.41) is 2.94. The molecule has 7 heteroatoms. The highest BCUT2D eigenvalue weighted by atomic mass is 32.1. The molecule has 13 heavy (non-hydrogen) atoms. The van der Waals surface area contributed by atoms with Crippen LogP contribution in [0, 0.1) is 0 Å². The Balaban J connectivity index is 2.75. The predicted octanol–water partition coefficient (Wildman–Crippen LogP) is 2.38. The zero-order valence-electron chi connectivity index (χ0n) is 7.01. The Kier molecular flexibility index (Phi) is 2.74. The standard InChI is InChI=1S/C6H8F3N3S/c1-3(2)10-5-11-4(12-13-5)6(7,8)9/h3H,1-2H3,(H,10,11,12). The monoisotopic (exact) mass is 211 g/mol. The van der Waals surface area contributed by atoms with Crippen LogP contribution in [0.15, 0.2) is 0 Å². The van der Waals surface area contributed by atoms with Gasteiger partial charge in [0.05, 0.1) is 0 Å². The maximum atomic E-state index is 12.0. The second kappa shape index (κ2) is 3.49. The molecule has 1 rings (SSSR count). The van der Waals surface area contributed by atoms with E-state index in [2.05, 4.69) is 14.7 Å². The fourth-order valence-corrected chi connectivity index (χ4v) is 1.38. The van der Waals surface area contributed by atoms with E-state index in [-0.39, 0.29) is 11.2 Å². The maximum absolute atomic E-state index is 12.0. The number of hydrogen-bond acceptors (Lipinski definition) is 4. The fraction of sp³-hybridized carbons (Fsp3) is 0.667. The summed E-state index contributed by atoms with van der Waals surface area (Å²) in [5.41, 5.74) is 0. The van der Waals surface area contributed by atoms with Crippen LogP contribution in [0.5, 0.6) is 0 Å². The number of aromatic nitrogens is 2. The number of nitrogens with zero attached hydrogens (tertiary/aromatic N) is 2. The van der Waals surface area contributed by atoms with Gasteiger partial charge in [0.25, 0.3) is 0 Å². The molecule has 1 heterocycles. The van der Waals surface area contributed by atoms with Gasteiger partial charge in [-0.15, -0.1) is 0 Å². The number of rotatable bonds is 2. The van der Waals surface area contributed by atoms with Gasteiger partial charge in [-0.1, -0.05) is 0 Å². The van der Waals surface area contributed by atoms with Crippen LogP contribution < -0.4 is 5.32 Å². The molecule has 0 aliphatic heterocycles. The molecule has 0 unspecified atom stereocenters. The molecule has 0 aliphatic rings. The average Bonchev–Trinajstić information content (AvgIpc) is 2.32. The van der Waals surface area contributed by atoms with Crippen molar-refractivity contribution in [2.45, 2.75) is 26.1 Å². The van der Waals surface area contributed by atoms with Crippen molar-refractivity contribution >= 4 is 16.7 Å². The summed E-state index contributed by atoms with van der Waals surface area (Å²) in [4.78, 5) is 3.29. The van der Waals surface area contributed by atoms with E-state index in [0.717, 1.165) is 0 Å². The highest BCUT2D eigenvalue weighted by Gasteiger charge is 2.36. The first kappa shape index (κ1) is 10.2. The number of hydrogen-bond donors (Lipinski definition) is 1. The van der Waals surface area contributed by atoms with Gasteiger partial charge in [0.2, 0.25) is 11.0 Å². The minimum atomic E-state index is -4.45. The lowest BCUT2D eigenvalue weighted by molar-refractivity contribution is -0.144. The van der Waals surface area contributed by atoms with Gasteiger partial charge in [-0.2, -0.15) is 22.5 Å². The van der Waals surface area contributed by atoms with E-state index < -0.39 is 12.0 Å². The lowest BCUT2D eigenvalue weighted by atomic mass is 10.4. The van der Waals surface area contributed by atoms with Gasteiger partial charge >= 0.3 is 6.18 Å². The molecule has 0 spiro atoms. The van der Waals surface area contributed by atoms with E-state index in [1.54, 1.807) is 0 Å². The summed E-state index contributed by atoms with van der Waals surface area (Å²) in [6, 6.07) is 0.0500. The lowest BCUT2D eigenvalue weighted by Gasteiger charge is -2.03. The van der Waals surface area contributed by atoms with Gasteiger partial charge in [0, 0.05) is 17.6 Å². The first-order chi connectivity index (χ1) is 5.89. The van der Waals surface area contributed by atoms with Crippen molar-refractivity contribution in [2.24, 2.45) is 0 Å². The van der Waals surface area contributed by atoms with Gasteiger partial charge in [0.1, 0.15) is 0 Å². The molecule has 0 amide bonds. The van der Waals surface area contributed by atoms with Gasteiger partial charge in [-0.3, -0.25) is 0 Å². The fourth-order valence-electron chi connectivity index (χ4n) is 0.644. The Morgan fingerprint density at radius 2 is 2.00 bits per heavy atom. The van der Waals surface area contributed by atoms with Crippen molar-refractivity contribution in [3.05, 3.63) is 5.82 Å². The van der Waals surface area contributed by atoms with E-state index in [1.165, 1.54) is 0 Å². The van der Waals surface area contributed by atoms with Gasteiger partial charge in [0.15, 0.2) is 0 Å². The number of nitrogens with one attached hydrogen (secondary N) is 1. The molecule has 0 aromatic carbocycles. The van der Waals surface area contributed by atoms with E-state index in [9.17, 15) is 13.2 Å². The third-order valence-electron chi connectivity index (χ3n) is 1.09. The highest BCUT2D eigenvalue weighted by Crippen LogP contribution is 2.28. The van der Waals surface area contributed by atoms with Crippen molar-refractivity contribution in [1.82, 2.24) is 9.36 Å². The molecule has 1 N–H and O–H groups in total. The van der Waals surface area contributed by atoms with Crippen LogP contribution in [0.2, 0.25) is 0 Å². The SMILES string of the molecule is CC(C)Nc1nc(C(F)(F)F)ns1. The minimum absolute atomic E-state index is 0.0500. The van der Waals surface area contributed by atoms with Crippen LogP contribution in [0.4, 0.5) is 18.3 Å². The zero-order valence-corrected chi connectivity index (χ0v) is 7.83. The first-order valence-corrected chi connectivity index (χ1v) is 4.34. The summed E-state index contributed by atoms with van der Waals surface area (Å²) in [6.45, 7) is 3.63. The number of anilines is 1. The molecular weight excluding hydrogens is 203 g/mol. The Morgan fingerprint density at radius 1 is 1.38 bits per heavy atom. The number of halogens is 3. The molecule has 0 bridgehead atoms. The Bertz CT molecular complexity index is 281. The molecule has 3 nitrogen and oxygen atoms in total. The van der Waals surface area contributed by atoms with Crippen molar-refractivity contribution < 1.29 is 13.2 Å². The van der Waals surface area contributed by atoms with E-state index in [4.69, 9.17) is 0 Å². The van der Waals surface area contributed by atoms with E-state index in [1.807, 2.05) is 13.8 Å². The summed E-state index contributed by atoms with van der Waals surface area (Å²) >= 11 is 0.713. The normalized spacial score (nSPS) is 12.2. The highest BCUT2D eigenvalue weighted by molar-refractivity contribution is 7.09. The molecule has 1 aromatic heterocycles. The van der Waals surface area contributed by atoms with Crippen LogP contribution >= 0.6 is 11.5 Å². The van der Waals surface area contributed by atoms with E-state index >= 15 is 0 Å². The second-order valence-electron chi connectivity index (χ2n) is 2.72. The van der Waals surface area contributed by atoms with Crippen LogP contribution in [-0.4, -0.2) is 15.4 Å². The zero-order chi connectivity index (χ0) is 10.1. The topological polar surface area (TPSA) is 37.8 Å². The van der Waals surface area contributed by atoms with Crippen LogP contribution in [-0.2, 0) is 6.18 Å². The summed E-state index contributed by atoms with van der Waals surface area (Å²) in [6.07, 6.45) is -4.45. The van der Waals surface area contributed by atoms with Crippen LogP contribution in [0.3, 0.4) is 0 Å². The lowest BCUT2D eigenvalue weighted by Crippen LogP contribution is -2.11. The smallest absolute Gasteiger partial charge is 0.358 e. The third kappa shape index (κ3) is 2.83. The molecule has 1 aromatic rings. The first-order valence-electron chi connectivity index (χ1n) is 3.57. The Labute approximate surface area is 77.2 Å². The van der Waals surface area contributed by atoms with Crippen LogP contribution in [0.1, 0.15) is 19.7 Å². The second-order valence-corrected chi connectivity index (χ2v) is 3.47. The quantitative estimate of drug-likeness (QED) is 0.816. The predicted molar refractivity (Wildman–Crippen MR) is 43.7 cm³/mol. The van der Waals surface area contributed by atoms with Gasteiger partial charge in [-0.05, 0) is 13.8 Å². The van der Waals surface area contributed by atoms with Gasteiger partial charge in [-0.25, -0.2) is 0 Å². The van der Waals surface area contributed by atoms with Crippen molar-refractivity contribution in [3.8, 4) is 0 Å². The van der Waals surface area contributed by atoms with Gasteiger partial charge < -0.3 is 5.32 Å². The van der Waals surface area contributed by atoms with Crippen molar-refractivity contribution in [3.63, 3.8) is 0 Å². The molecule has 0 saturated heterocycles. The van der Waals surface area contributed by atoms with Crippen molar-refractivity contribution in [1.29, 1.82) is 0 Å². The third-order valence-corrected chi connectivity index (χ3v) is 1.74. The molecule has 0 saturated carbocycles. The van der Waals surface area contributed by atoms with E-state index in [0.29, 0.717) is 11.5 Å². The van der Waals surface area contributed by atoms with Crippen LogP contribution in [0.25, 0.3) is 0 Å². The molecule has 74 valence electrons. The largest absolute Gasteiger partial charge is 0.452 e. The molecule has 0 radical (unpaired) electrons. The van der Waals surface area contributed by atoms with Crippen molar-refractivity contribution in [2.75, 3.05) is 5.32 Å². The Hall–Kier alpha value is -0.850. The Morgan fingerprint density at radius 3 is 2.38 bits per heavy atom. The number of alkyl halides is 3. The molecular formula is C6H8F3N3S. The average molecular weight is 211 g/mol.